The van der Waals surface area contributed by atoms with Crippen LogP contribution in [0.15, 0.2) is 30.7 Å². The van der Waals surface area contributed by atoms with Gasteiger partial charge in [0.05, 0.1) is 24.1 Å². The lowest BCUT2D eigenvalue weighted by molar-refractivity contribution is 0.122. The molecule has 0 amide bonds. The molecule has 2 N–H and O–H groups in total. The van der Waals surface area contributed by atoms with Gasteiger partial charge in [-0.3, -0.25) is 0 Å². The van der Waals surface area contributed by atoms with Crippen LogP contribution >= 0.6 is 0 Å². The van der Waals surface area contributed by atoms with Gasteiger partial charge in [-0.25, -0.2) is 18.9 Å². The lowest BCUT2D eigenvalue weighted by Crippen LogP contribution is -2.34. The highest BCUT2D eigenvalue weighted by atomic mass is 19.1. The van der Waals surface area contributed by atoms with E-state index in [-0.39, 0.29) is 6.54 Å². The summed E-state index contributed by atoms with van der Waals surface area (Å²) in [6.07, 6.45) is 9.67. The number of nitrogens with one attached hydrogen (secondary N) is 2. The maximum atomic E-state index is 14.8. The zero-order valence-corrected chi connectivity index (χ0v) is 15.7. The highest BCUT2D eigenvalue weighted by Gasteiger charge is 2.31. The largest absolute Gasteiger partial charge is 0.351 e. The van der Waals surface area contributed by atoms with E-state index >= 15 is 0 Å². The van der Waals surface area contributed by atoms with Gasteiger partial charge in [-0.15, -0.1) is 0 Å². The van der Waals surface area contributed by atoms with Crippen LogP contribution in [0.3, 0.4) is 0 Å². The van der Waals surface area contributed by atoms with Gasteiger partial charge >= 0.3 is 0 Å². The Balaban J connectivity index is 1.42. The summed E-state index contributed by atoms with van der Waals surface area (Å²) in [5.74, 6) is 0.442. The van der Waals surface area contributed by atoms with Crippen molar-refractivity contribution in [1.29, 1.82) is 0 Å². The minimum Gasteiger partial charge on any atom is -0.351 e. The maximum Gasteiger partial charge on any atom is 0.224 e. The minimum atomic E-state index is -1.15. The Morgan fingerprint density at radius 1 is 1.18 bits per heavy atom. The summed E-state index contributed by atoms with van der Waals surface area (Å²) in [6.45, 7) is 2.22. The van der Waals surface area contributed by atoms with Gasteiger partial charge in [0.2, 0.25) is 5.95 Å². The van der Waals surface area contributed by atoms with E-state index in [9.17, 15) is 4.39 Å². The van der Waals surface area contributed by atoms with E-state index in [1.807, 2.05) is 29.8 Å². The van der Waals surface area contributed by atoms with E-state index in [1.54, 1.807) is 12.4 Å². The Hall–Kier alpha value is -3.03. The third-order valence-corrected chi connectivity index (χ3v) is 5.55. The van der Waals surface area contributed by atoms with Crippen LogP contribution in [0.1, 0.15) is 37.8 Å². The van der Waals surface area contributed by atoms with E-state index in [2.05, 4.69) is 30.4 Å². The van der Waals surface area contributed by atoms with Crippen LogP contribution in [-0.4, -0.2) is 41.8 Å². The average Bonchev–Trinajstić information content (AvgIpc) is 3.30. The monoisotopic (exact) mass is 379 g/mol. The molecule has 144 valence electrons. The summed E-state index contributed by atoms with van der Waals surface area (Å²) in [5, 5.41) is 8.63. The van der Waals surface area contributed by atoms with Crippen LogP contribution < -0.4 is 5.32 Å². The topological polar surface area (TPSA) is 83.8 Å². The third-order valence-electron chi connectivity index (χ3n) is 5.55. The van der Waals surface area contributed by atoms with Crippen molar-refractivity contribution in [2.75, 3.05) is 11.9 Å². The van der Waals surface area contributed by atoms with Gasteiger partial charge in [0.15, 0.2) is 5.65 Å². The number of aryl methyl sites for hydroxylation is 1. The number of fused-ring (bicyclic) bond motifs is 2. The highest BCUT2D eigenvalue weighted by Crippen LogP contribution is 2.32. The zero-order valence-electron chi connectivity index (χ0n) is 15.7. The summed E-state index contributed by atoms with van der Waals surface area (Å²) < 4.78 is 16.6. The number of alkyl halides is 1. The molecule has 4 aromatic heterocycles. The quantitative estimate of drug-likeness (QED) is 0.559. The molecule has 0 atom stereocenters. The van der Waals surface area contributed by atoms with Crippen molar-refractivity contribution in [3.05, 3.63) is 36.4 Å². The molecule has 1 aliphatic carbocycles. The number of anilines is 1. The summed E-state index contributed by atoms with van der Waals surface area (Å²) >= 11 is 0. The average molecular weight is 379 g/mol. The first-order chi connectivity index (χ1) is 13.6. The number of imidazole rings is 1. The molecule has 8 heteroatoms. The molecule has 28 heavy (non-hydrogen) atoms. The molecule has 7 nitrogen and oxygen atoms in total. The predicted octanol–water partition coefficient (Wildman–Crippen LogP) is 4.06. The van der Waals surface area contributed by atoms with E-state index in [0.717, 1.165) is 47.2 Å². The minimum absolute atomic E-state index is 0.254. The number of rotatable bonds is 4. The summed E-state index contributed by atoms with van der Waals surface area (Å²) in [6, 6.07) is 3.88. The second kappa shape index (κ2) is 6.54. The van der Waals surface area contributed by atoms with Gasteiger partial charge in [-0.1, -0.05) is 19.3 Å². The number of hydrogen-bond donors (Lipinski definition) is 2. The van der Waals surface area contributed by atoms with Crippen LogP contribution in [0.25, 0.3) is 27.9 Å². The van der Waals surface area contributed by atoms with Gasteiger partial charge < -0.3 is 10.3 Å². The number of H-pyrrole nitrogens is 1. The molecule has 4 heterocycles. The standard InChI is InChI=1S/C20H22FN7/c1-13-9-22-17-6-5-16(27-28(13)17)14-10-23-18-15(14)11-24-19(26-18)25-12-20(21)7-3-2-4-8-20/h5-6,9-11H,2-4,7-8,12H2,1H3,(H2,23,24,25,26). The summed E-state index contributed by atoms with van der Waals surface area (Å²) in [7, 11) is 0. The maximum absolute atomic E-state index is 14.8. The Morgan fingerprint density at radius 2 is 2.04 bits per heavy atom. The van der Waals surface area contributed by atoms with Gasteiger partial charge in [-0.2, -0.15) is 10.1 Å². The van der Waals surface area contributed by atoms with Gasteiger partial charge in [-0.05, 0) is 31.9 Å². The number of halogens is 1. The molecule has 1 aliphatic rings. The van der Waals surface area contributed by atoms with E-state index < -0.39 is 5.67 Å². The van der Waals surface area contributed by atoms with Crippen LogP contribution in [-0.2, 0) is 0 Å². The van der Waals surface area contributed by atoms with Gasteiger partial charge in [0.25, 0.3) is 0 Å². The van der Waals surface area contributed by atoms with Crippen LogP contribution in [0.2, 0.25) is 0 Å². The molecule has 0 bridgehead atoms. The molecule has 0 aliphatic heterocycles. The van der Waals surface area contributed by atoms with Gasteiger partial charge in [0.1, 0.15) is 11.3 Å². The molecule has 0 unspecified atom stereocenters. The lowest BCUT2D eigenvalue weighted by atomic mass is 9.86. The second-order valence-electron chi connectivity index (χ2n) is 7.61. The second-order valence-corrected chi connectivity index (χ2v) is 7.61. The molecule has 0 aromatic carbocycles. The van der Waals surface area contributed by atoms with Crippen molar-refractivity contribution in [2.45, 2.75) is 44.7 Å². The molecule has 1 fully saturated rings. The van der Waals surface area contributed by atoms with Crippen molar-refractivity contribution in [3.63, 3.8) is 0 Å². The van der Waals surface area contributed by atoms with Crippen LogP contribution in [0, 0.1) is 6.92 Å². The summed E-state index contributed by atoms with van der Waals surface area (Å²) in [5.41, 5.74) is 3.07. The Kier molecular flexibility index (Phi) is 3.99. The van der Waals surface area contributed by atoms with Crippen molar-refractivity contribution >= 4 is 22.6 Å². The van der Waals surface area contributed by atoms with Crippen molar-refractivity contribution in [3.8, 4) is 11.3 Å². The van der Waals surface area contributed by atoms with E-state index in [1.165, 1.54) is 0 Å². The number of hydrogen-bond acceptors (Lipinski definition) is 5. The van der Waals surface area contributed by atoms with Gasteiger partial charge in [0, 0.05) is 23.3 Å². The normalized spacial score (nSPS) is 16.6. The molecule has 0 saturated heterocycles. The van der Waals surface area contributed by atoms with E-state index in [4.69, 9.17) is 0 Å². The molecule has 5 rings (SSSR count). The van der Waals surface area contributed by atoms with Crippen LogP contribution in [0.4, 0.5) is 10.3 Å². The first-order valence-electron chi connectivity index (χ1n) is 9.70. The zero-order chi connectivity index (χ0) is 19.1. The first kappa shape index (κ1) is 17.1. The predicted molar refractivity (Wildman–Crippen MR) is 106 cm³/mol. The lowest BCUT2D eigenvalue weighted by Gasteiger charge is -2.29. The SMILES string of the molecule is Cc1cnc2ccc(-c3c[nH]c4nc(NCC5(F)CCCCC5)ncc34)nn12. The van der Waals surface area contributed by atoms with Crippen molar-refractivity contribution in [2.24, 2.45) is 0 Å². The number of aromatic nitrogens is 6. The fraction of sp³-hybridized carbons (Fsp3) is 0.400. The molecule has 0 spiro atoms. The fourth-order valence-electron chi connectivity index (χ4n) is 3.94. The Labute approximate surface area is 161 Å². The van der Waals surface area contributed by atoms with E-state index in [0.29, 0.717) is 24.4 Å². The van der Waals surface area contributed by atoms with Crippen molar-refractivity contribution in [1.82, 2.24) is 29.5 Å². The van der Waals surface area contributed by atoms with Crippen LogP contribution in [0.5, 0.6) is 0 Å². The Bertz CT molecular complexity index is 1140. The van der Waals surface area contributed by atoms with Crippen molar-refractivity contribution < 1.29 is 4.39 Å². The third kappa shape index (κ3) is 2.98. The summed E-state index contributed by atoms with van der Waals surface area (Å²) in [4.78, 5) is 16.4. The molecule has 1 saturated carbocycles. The fourth-order valence-corrected chi connectivity index (χ4v) is 3.94. The highest BCUT2D eigenvalue weighted by molar-refractivity contribution is 5.92. The molecular formula is C20H22FN7. The number of nitrogens with zero attached hydrogens (tertiary/aromatic N) is 5. The smallest absolute Gasteiger partial charge is 0.224 e. The number of aromatic amines is 1. The molecule has 4 aromatic rings. The Morgan fingerprint density at radius 3 is 2.89 bits per heavy atom. The molecular weight excluding hydrogens is 357 g/mol. The molecule has 0 radical (unpaired) electrons. The first-order valence-corrected chi connectivity index (χ1v) is 9.70.